The van der Waals surface area contributed by atoms with Crippen molar-refractivity contribution in [1.82, 2.24) is 9.59 Å². The van der Waals surface area contributed by atoms with Crippen LogP contribution in [-0.2, 0) is 6.61 Å². The van der Waals surface area contributed by atoms with E-state index >= 15 is 0 Å². The van der Waals surface area contributed by atoms with Crippen molar-refractivity contribution in [3.05, 3.63) is 48.2 Å². The SMILES string of the molecule is NNc1snnc1COc1cccc2ccccc12. The molecule has 0 unspecified atom stereocenters. The van der Waals surface area contributed by atoms with E-state index in [4.69, 9.17) is 10.6 Å². The van der Waals surface area contributed by atoms with Crippen molar-refractivity contribution in [2.45, 2.75) is 6.61 Å². The molecule has 3 aromatic rings. The molecule has 0 aliphatic carbocycles. The van der Waals surface area contributed by atoms with E-state index < -0.39 is 0 Å². The highest BCUT2D eigenvalue weighted by molar-refractivity contribution is 7.10. The van der Waals surface area contributed by atoms with Crippen molar-refractivity contribution in [2.75, 3.05) is 5.43 Å². The molecule has 1 aromatic heterocycles. The normalized spacial score (nSPS) is 10.6. The molecule has 0 aliphatic heterocycles. The van der Waals surface area contributed by atoms with E-state index in [2.05, 4.69) is 27.1 Å². The number of hydrogen-bond donors (Lipinski definition) is 2. The smallest absolute Gasteiger partial charge is 0.150 e. The lowest BCUT2D eigenvalue weighted by atomic mass is 10.1. The van der Waals surface area contributed by atoms with E-state index in [0.29, 0.717) is 12.3 Å². The van der Waals surface area contributed by atoms with Gasteiger partial charge in [-0.1, -0.05) is 40.9 Å². The molecule has 1 heterocycles. The van der Waals surface area contributed by atoms with Crippen LogP contribution in [-0.4, -0.2) is 9.59 Å². The average molecular weight is 272 g/mol. The maximum Gasteiger partial charge on any atom is 0.150 e. The van der Waals surface area contributed by atoms with E-state index in [-0.39, 0.29) is 0 Å². The average Bonchev–Trinajstić information content (AvgIpc) is 2.92. The second-order valence-corrected chi connectivity index (χ2v) is 4.71. The second kappa shape index (κ2) is 5.21. The Morgan fingerprint density at radius 2 is 2.00 bits per heavy atom. The summed E-state index contributed by atoms with van der Waals surface area (Å²) in [6.07, 6.45) is 0. The Morgan fingerprint density at radius 1 is 1.16 bits per heavy atom. The molecule has 0 atom stereocenters. The van der Waals surface area contributed by atoms with Gasteiger partial charge in [0.05, 0.1) is 0 Å². The predicted molar refractivity (Wildman–Crippen MR) is 76.0 cm³/mol. The Bertz CT molecular complexity index is 692. The fraction of sp³-hybridized carbons (Fsp3) is 0.0769. The maximum atomic E-state index is 5.81. The van der Waals surface area contributed by atoms with Crippen LogP contribution in [0.25, 0.3) is 10.8 Å². The molecule has 6 heteroatoms. The van der Waals surface area contributed by atoms with Gasteiger partial charge in [0.15, 0.2) is 5.00 Å². The summed E-state index contributed by atoms with van der Waals surface area (Å²) in [6.45, 7) is 0.337. The second-order valence-electron chi connectivity index (χ2n) is 3.96. The Kier molecular flexibility index (Phi) is 3.26. The summed E-state index contributed by atoms with van der Waals surface area (Å²) < 4.78 is 9.65. The molecule has 0 aliphatic rings. The molecule has 0 radical (unpaired) electrons. The number of hydrazine groups is 1. The fourth-order valence-corrected chi connectivity index (χ4v) is 2.36. The van der Waals surface area contributed by atoms with E-state index in [1.54, 1.807) is 0 Å². The highest BCUT2D eigenvalue weighted by Gasteiger charge is 2.08. The molecule has 0 amide bonds. The van der Waals surface area contributed by atoms with Gasteiger partial charge in [0.25, 0.3) is 0 Å². The first-order valence-corrected chi connectivity index (χ1v) is 6.54. The Labute approximate surface area is 114 Å². The monoisotopic (exact) mass is 272 g/mol. The summed E-state index contributed by atoms with van der Waals surface area (Å²) in [5, 5.41) is 6.93. The molecule has 0 bridgehead atoms. The van der Waals surface area contributed by atoms with Crippen molar-refractivity contribution < 1.29 is 4.74 Å². The first-order chi connectivity index (χ1) is 9.38. The summed E-state index contributed by atoms with van der Waals surface area (Å²) in [5.41, 5.74) is 3.27. The summed E-state index contributed by atoms with van der Waals surface area (Å²) in [4.78, 5) is 0. The van der Waals surface area contributed by atoms with Crippen molar-refractivity contribution in [3.8, 4) is 5.75 Å². The third-order valence-corrected chi connectivity index (χ3v) is 3.50. The molecule has 19 heavy (non-hydrogen) atoms. The van der Waals surface area contributed by atoms with Gasteiger partial charge in [0.2, 0.25) is 0 Å². The lowest BCUT2D eigenvalue weighted by molar-refractivity contribution is 0.305. The van der Waals surface area contributed by atoms with E-state index in [9.17, 15) is 0 Å². The van der Waals surface area contributed by atoms with Crippen LogP contribution in [0.15, 0.2) is 42.5 Å². The van der Waals surface area contributed by atoms with Crippen LogP contribution in [0.2, 0.25) is 0 Å². The minimum atomic E-state index is 0.337. The van der Waals surface area contributed by atoms with Crippen molar-refractivity contribution in [3.63, 3.8) is 0 Å². The lowest BCUT2D eigenvalue weighted by Crippen LogP contribution is -2.08. The number of hydrogen-bond acceptors (Lipinski definition) is 6. The van der Waals surface area contributed by atoms with Gasteiger partial charge in [0.1, 0.15) is 18.1 Å². The molecular formula is C13H12N4OS. The number of nitrogens with one attached hydrogen (secondary N) is 1. The zero-order valence-corrected chi connectivity index (χ0v) is 10.9. The first kappa shape index (κ1) is 11.9. The van der Waals surface area contributed by atoms with Gasteiger partial charge in [-0.3, -0.25) is 0 Å². The fourth-order valence-electron chi connectivity index (χ4n) is 1.88. The molecule has 96 valence electrons. The van der Waals surface area contributed by atoms with Crippen molar-refractivity contribution in [1.29, 1.82) is 0 Å². The molecule has 5 nitrogen and oxygen atoms in total. The van der Waals surface area contributed by atoms with Gasteiger partial charge in [-0.05, 0) is 11.5 Å². The minimum absolute atomic E-state index is 0.337. The van der Waals surface area contributed by atoms with Gasteiger partial charge in [-0.15, -0.1) is 5.10 Å². The van der Waals surface area contributed by atoms with Gasteiger partial charge < -0.3 is 10.2 Å². The van der Waals surface area contributed by atoms with Gasteiger partial charge in [-0.2, -0.15) is 0 Å². The molecule has 0 saturated carbocycles. The molecular weight excluding hydrogens is 260 g/mol. The number of anilines is 1. The van der Waals surface area contributed by atoms with Crippen LogP contribution < -0.4 is 16.0 Å². The number of ether oxygens (including phenoxy) is 1. The third kappa shape index (κ3) is 2.35. The number of fused-ring (bicyclic) bond motifs is 1. The maximum absolute atomic E-state index is 5.81. The van der Waals surface area contributed by atoms with Crippen LogP contribution in [0.3, 0.4) is 0 Å². The van der Waals surface area contributed by atoms with Crippen LogP contribution in [0.5, 0.6) is 5.75 Å². The number of benzene rings is 2. The number of nitrogens with two attached hydrogens (primary N) is 1. The van der Waals surface area contributed by atoms with Crippen LogP contribution >= 0.6 is 11.5 Å². The largest absolute Gasteiger partial charge is 0.486 e. The first-order valence-electron chi connectivity index (χ1n) is 5.77. The molecule has 3 N–H and O–H groups in total. The summed E-state index contributed by atoms with van der Waals surface area (Å²) in [6, 6.07) is 14.1. The number of nitrogen functional groups attached to an aromatic ring is 1. The number of nitrogens with zero attached hydrogens (tertiary/aromatic N) is 2. The van der Waals surface area contributed by atoms with Crippen LogP contribution in [0.1, 0.15) is 5.69 Å². The summed E-state index contributed by atoms with van der Waals surface area (Å²) >= 11 is 1.21. The quantitative estimate of drug-likeness (QED) is 0.564. The van der Waals surface area contributed by atoms with Gasteiger partial charge >= 0.3 is 0 Å². The van der Waals surface area contributed by atoms with Crippen LogP contribution in [0.4, 0.5) is 5.00 Å². The Hall–Kier alpha value is -2.18. The molecule has 0 saturated heterocycles. The van der Waals surface area contributed by atoms with Crippen molar-refractivity contribution >= 4 is 27.3 Å². The van der Waals surface area contributed by atoms with E-state index in [1.807, 2.05) is 30.3 Å². The third-order valence-electron chi connectivity index (χ3n) is 2.80. The molecule has 2 aromatic carbocycles. The summed E-state index contributed by atoms with van der Waals surface area (Å²) in [7, 11) is 0. The standard InChI is InChI=1S/C13H12N4OS/c14-15-13-11(16-17-19-13)8-18-12-7-3-5-9-4-1-2-6-10(9)12/h1-7,15H,8,14H2. The van der Waals surface area contributed by atoms with E-state index in [1.165, 1.54) is 11.5 Å². The van der Waals surface area contributed by atoms with E-state index in [0.717, 1.165) is 21.5 Å². The minimum Gasteiger partial charge on any atom is -0.486 e. The van der Waals surface area contributed by atoms with Crippen molar-refractivity contribution in [2.24, 2.45) is 5.84 Å². The number of aromatic nitrogens is 2. The zero-order valence-electron chi connectivity index (χ0n) is 10.0. The zero-order chi connectivity index (χ0) is 13.1. The number of rotatable bonds is 4. The molecule has 3 rings (SSSR count). The highest BCUT2D eigenvalue weighted by Crippen LogP contribution is 2.26. The molecule has 0 fully saturated rings. The topological polar surface area (TPSA) is 73.1 Å². The van der Waals surface area contributed by atoms with Crippen LogP contribution in [0, 0.1) is 0 Å². The predicted octanol–water partition coefficient (Wildman–Crippen LogP) is 2.56. The van der Waals surface area contributed by atoms with Gasteiger partial charge in [0, 0.05) is 16.9 Å². The Morgan fingerprint density at radius 3 is 2.89 bits per heavy atom. The molecule has 0 spiro atoms. The summed E-state index contributed by atoms with van der Waals surface area (Å²) in [5.74, 6) is 6.21. The van der Waals surface area contributed by atoms with Gasteiger partial charge in [-0.25, -0.2) is 5.84 Å². The highest BCUT2D eigenvalue weighted by atomic mass is 32.1. The Balaban J connectivity index is 1.86. The lowest BCUT2D eigenvalue weighted by Gasteiger charge is -2.08.